The number of hydrogen-bond acceptors (Lipinski definition) is 2. The lowest BCUT2D eigenvalue weighted by molar-refractivity contribution is -0.158. The highest BCUT2D eigenvalue weighted by atomic mass is 16.5. The molecule has 2 nitrogen and oxygen atoms in total. The monoisotopic (exact) mass is 224 g/mol. The maximum atomic E-state index is 12.1. The van der Waals surface area contributed by atoms with Gasteiger partial charge in [0.2, 0.25) is 0 Å². The van der Waals surface area contributed by atoms with Gasteiger partial charge in [0.05, 0.1) is 12.5 Å². The van der Waals surface area contributed by atoms with E-state index in [0.717, 1.165) is 6.42 Å². The van der Waals surface area contributed by atoms with Crippen LogP contribution in [0.25, 0.3) is 0 Å². The van der Waals surface area contributed by atoms with Crippen molar-refractivity contribution in [1.29, 1.82) is 0 Å². The Bertz CT molecular complexity index is 266. The van der Waals surface area contributed by atoms with Crippen molar-refractivity contribution in [3.63, 3.8) is 0 Å². The molecule has 0 saturated heterocycles. The first-order valence-corrected chi connectivity index (χ1v) is 6.67. The molecule has 2 aliphatic carbocycles. The van der Waals surface area contributed by atoms with Crippen LogP contribution in [0.3, 0.4) is 0 Å². The first kappa shape index (κ1) is 11.9. The highest BCUT2D eigenvalue weighted by Gasteiger charge is 2.42. The number of hydrogen-bond donors (Lipinski definition) is 0. The van der Waals surface area contributed by atoms with Crippen molar-refractivity contribution in [3.05, 3.63) is 0 Å². The molecular formula is C14H24O2. The van der Waals surface area contributed by atoms with Gasteiger partial charge in [-0.1, -0.05) is 27.2 Å². The van der Waals surface area contributed by atoms with Gasteiger partial charge in [-0.3, -0.25) is 4.79 Å². The Morgan fingerprint density at radius 1 is 1.31 bits per heavy atom. The Morgan fingerprint density at radius 2 is 2.00 bits per heavy atom. The maximum Gasteiger partial charge on any atom is 0.309 e. The zero-order valence-corrected chi connectivity index (χ0v) is 10.8. The summed E-state index contributed by atoms with van der Waals surface area (Å²) in [4.78, 5) is 12.1. The summed E-state index contributed by atoms with van der Waals surface area (Å²) in [6.07, 6.45) is 6.07. The van der Waals surface area contributed by atoms with Gasteiger partial charge in [0.25, 0.3) is 0 Å². The summed E-state index contributed by atoms with van der Waals surface area (Å²) in [5, 5.41) is 0. The van der Waals surface area contributed by atoms with E-state index >= 15 is 0 Å². The Kier molecular flexibility index (Phi) is 3.27. The van der Waals surface area contributed by atoms with Crippen molar-refractivity contribution < 1.29 is 9.53 Å². The van der Waals surface area contributed by atoms with Crippen LogP contribution in [-0.2, 0) is 9.53 Å². The van der Waals surface area contributed by atoms with Gasteiger partial charge in [0.1, 0.15) is 0 Å². The third kappa shape index (κ3) is 2.58. The largest absolute Gasteiger partial charge is 0.465 e. The first-order valence-electron chi connectivity index (χ1n) is 6.67. The number of rotatable bonds is 3. The summed E-state index contributed by atoms with van der Waals surface area (Å²) in [6, 6.07) is 0. The SMILES string of the molecule is C[C@H]1CCCC(C)(C)[C@H]1C(=O)OCC1CC1. The molecule has 0 aliphatic heterocycles. The average molecular weight is 224 g/mol. The zero-order valence-electron chi connectivity index (χ0n) is 10.8. The molecule has 2 fully saturated rings. The lowest BCUT2D eigenvalue weighted by atomic mass is 9.64. The van der Waals surface area contributed by atoms with Crippen LogP contribution in [0.5, 0.6) is 0 Å². The quantitative estimate of drug-likeness (QED) is 0.687. The van der Waals surface area contributed by atoms with Crippen LogP contribution in [0.1, 0.15) is 52.9 Å². The van der Waals surface area contributed by atoms with Gasteiger partial charge in [-0.25, -0.2) is 0 Å². The second-order valence-corrected chi connectivity index (χ2v) is 6.41. The van der Waals surface area contributed by atoms with E-state index in [4.69, 9.17) is 4.74 Å². The Hall–Kier alpha value is -0.530. The van der Waals surface area contributed by atoms with Crippen molar-refractivity contribution in [1.82, 2.24) is 0 Å². The predicted octanol–water partition coefficient (Wildman–Crippen LogP) is 3.40. The third-order valence-corrected chi connectivity index (χ3v) is 4.30. The van der Waals surface area contributed by atoms with Gasteiger partial charge >= 0.3 is 5.97 Å². The van der Waals surface area contributed by atoms with Crippen molar-refractivity contribution in [2.75, 3.05) is 6.61 Å². The molecular weight excluding hydrogens is 200 g/mol. The van der Waals surface area contributed by atoms with Gasteiger partial charge in [0, 0.05) is 0 Å². The minimum atomic E-state index is 0.0594. The van der Waals surface area contributed by atoms with Gasteiger partial charge in [0.15, 0.2) is 0 Å². The standard InChI is InChI=1S/C14H24O2/c1-10-5-4-8-14(2,3)12(10)13(15)16-9-11-6-7-11/h10-12H,4-9H2,1-3H3/t10-,12+/m0/s1. The van der Waals surface area contributed by atoms with E-state index < -0.39 is 0 Å². The summed E-state index contributed by atoms with van der Waals surface area (Å²) >= 11 is 0. The van der Waals surface area contributed by atoms with Crippen LogP contribution in [0.15, 0.2) is 0 Å². The second kappa shape index (κ2) is 4.38. The van der Waals surface area contributed by atoms with Crippen LogP contribution >= 0.6 is 0 Å². The molecule has 2 atom stereocenters. The average Bonchev–Trinajstić information content (AvgIpc) is 2.96. The van der Waals surface area contributed by atoms with E-state index in [2.05, 4.69) is 20.8 Å². The van der Waals surface area contributed by atoms with Gasteiger partial charge in [-0.2, -0.15) is 0 Å². The molecule has 2 saturated carbocycles. The Labute approximate surface area is 98.7 Å². The second-order valence-electron chi connectivity index (χ2n) is 6.41. The van der Waals surface area contributed by atoms with E-state index in [9.17, 15) is 4.79 Å². The molecule has 92 valence electrons. The van der Waals surface area contributed by atoms with Crippen LogP contribution in [-0.4, -0.2) is 12.6 Å². The molecule has 0 unspecified atom stereocenters. The highest BCUT2D eigenvalue weighted by molar-refractivity contribution is 5.73. The summed E-state index contributed by atoms with van der Waals surface area (Å²) in [6.45, 7) is 7.29. The van der Waals surface area contributed by atoms with Crippen LogP contribution in [0, 0.1) is 23.2 Å². The molecule has 0 spiro atoms. The van der Waals surface area contributed by atoms with Crippen molar-refractivity contribution in [2.24, 2.45) is 23.2 Å². The molecule has 0 aromatic carbocycles. The maximum absolute atomic E-state index is 12.1. The fourth-order valence-electron chi connectivity index (χ4n) is 3.10. The van der Waals surface area contributed by atoms with Crippen LogP contribution in [0.4, 0.5) is 0 Å². The minimum absolute atomic E-state index is 0.0594. The number of carbonyl (C=O) groups is 1. The molecule has 0 aromatic rings. The number of ether oxygens (including phenoxy) is 1. The van der Waals surface area contributed by atoms with E-state index in [1.807, 2.05) is 0 Å². The number of esters is 1. The first-order chi connectivity index (χ1) is 7.50. The van der Waals surface area contributed by atoms with E-state index in [1.165, 1.54) is 25.7 Å². The number of carbonyl (C=O) groups excluding carboxylic acids is 1. The van der Waals surface area contributed by atoms with Gasteiger partial charge in [-0.15, -0.1) is 0 Å². The predicted molar refractivity (Wildman–Crippen MR) is 64.0 cm³/mol. The fraction of sp³-hybridized carbons (Fsp3) is 0.929. The minimum Gasteiger partial charge on any atom is -0.465 e. The molecule has 16 heavy (non-hydrogen) atoms. The zero-order chi connectivity index (χ0) is 11.8. The molecule has 0 bridgehead atoms. The molecule has 0 aromatic heterocycles. The van der Waals surface area contributed by atoms with Crippen molar-refractivity contribution in [2.45, 2.75) is 52.9 Å². The lowest BCUT2D eigenvalue weighted by Crippen LogP contribution is -2.40. The Balaban J connectivity index is 1.94. The van der Waals surface area contributed by atoms with E-state index in [1.54, 1.807) is 0 Å². The van der Waals surface area contributed by atoms with Crippen molar-refractivity contribution in [3.8, 4) is 0 Å². The normalized spacial score (nSPS) is 33.4. The van der Waals surface area contributed by atoms with Gasteiger partial charge in [-0.05, 0) is 42.9 Å². The topological polar surface area (TPSA) is 26.3 Å². The van der Waals surface area contributed by atoms with E-state index in [0.29, 0.717) is 18.4 Å². The molecule has 0 heterocycles. The fourth-order valence-corrected chi connectivity index (χ4v) is 3.10. The smallest absolute Gasteiger partial charge is 0.309 e. The summed E-state index contributed by atoms with van der Waals surface area (Å²) in [7, 11) is 0. The molecule has 2 aliphatic rings. The summed E-state index contributed by atoms with van der Waals surface area (Å²) < 4.78 is 5.47. The summed E-state index contributed by atoms with van der Waals surface area (Å²) in [5.41, 5.74) is 0.123. The molecule has 2 rings (SSSR count). The Morgan fingerprint density at radius 3 is 2.56 bits per heavy atom. The summed E-state index contributed by atoms with van der Waals surface area (Å²) in [5.74, 6) is 1.32. The lowest BCUT2D eigenvalue weighted by Gasteiger charge is -2.41. The molecule has 0 amide bonds. The van der Waals surface area contributed by atoms with Crippen LogP contribution in [0.2, 0.25) is 0 Å². The third-order valence-electron chi connectivity index (χ3n) is 4.30. The highest BCUT2D eigenvalue weighted by Crippen LogP contribution is 2.44. The molecule has 0 N–H and O–H groups in total. The molecule has 2 heteroatoms. The molecule has 0 radical (unpaired) electrons. The van der Waals surface area contributed by atoms with Crippen molar-refractivity contribution >= 4 is 5.97 Å². The van der Waals surface area contributed by atoms with Gasteiger partial charge < -0.3 is 4.74 Å². The van der Waals surface area contributed by atoms with E-state index in [-0.39, 0.29) is 17.3 Å². The van der Waals surface area contributed by atoms with Crippen LogP contribution < -0.4 is 0 Å².